The fraction of sp³-hybridized carbons (Fsp3) is 0.286. The molecule has 0 amide bonds. The lowest BCUT2D eigenvalue weighted by molar-refractivity contribution is 0.736. The van der Waals surface area contributed by atoms with Gasteiger partial charge >= 0.3 is 0 Å². The van der Waals surface area contributed by atoms with Gasteiger partial charge in [-0.05, 0) is 47.8 Å². The van der Waals surface area contributed by atoms with Gasteiger partial charge in [0.05, 0.1) is 0 Å². The van der Waals surface area contributed by atoms with E-state index in [4.69, 9.17) is 5.73 Å². The molecule has 90 valence electrons. The van der Waals surface area contributed by atoms with E-state index in [1.54, 1.807) is 11.3 Å². The minimum atomic E-state index is 0.0896. The van der Waals surface area contributed by atoms with Crippen LogP contribution >= 0.6 is 27.3 Å². The lowest BCUT2D eigenvalue weighted by Gasteiger charge is -2.10. The summed E-state index contributed by atoms with van der Waals surface area (Å²) in [6.07, 6.45) is 0.897. The van der Waals surface area contributed by atoms with Gasteiger partial charge < -0.3 is 5.73 Å². The lowest BCUT2D eigenvalue weighted by atomic mass is 10.0. The fourth-order valence-corrected chi connectivity index (χ4v) is 3.42. The molecule has 2 aromatic rings. The van der Waals surface area contributed by atoms with E-state index < -0.39 is 0 Å². The Morgan fingerprint density at radius 2 is 2.06 bits per heavy atom. The zero-order valence-electron chi connectivity index (χ0n) is 10.0. The highest BCUT2D eigenvalue weighted by molar-refractivity contribution is 9.10. The van der Waals surface area contributed by atoms with E-state index in [-0.39, 0.29) is 6.04 Å². The third-order valence-corrected chi connectivity index (χ3v) is 5.05. The van der Waals surface area contributed by atoms with Gasteiger partial charge in [-0.3, -0.25) is 0 Å². The van der Waals surface area contributed by atoms with Crippen molar-refractivity contribution in [2.75, 3.05) is 0 Å². The van der Waals surface area contributed by atoms with Crippen molar-refractivity contribution < 1.29 is 0 Å². The van der Waals surface area contributed by atoms with Gasteiger partial charge in [0.2, 0.25) is 0 Å². The zero-order chi connectivity index (χ0) is 12.4. The second-order valence-electron chi connectivity index (χ2n) is 4.35. The molecule has 1 aromatic heterocycles. The van der Waals surface area contributed by atoms with Crippen LogP contribution in [0, 0.1) is 13.8 Å². The van der Waals surface area contributed by atoms with Crippen LogP contribution in [0.2, 0.25) is 0 Å². The molecular weight excluding hydrogens is 294 g/mol. The molecule has 1 heterocycles. The predicted molar refractivity (Wildman–Crippen MR) is 78.6 cm³/mol. The monoisotopic (exact) mass is 309 g/mol. The van der Waals surface area contributed by atoms with Crippen LogP contribution in [0.1, 0.15) is 26.9 Å². The number of benzene rings is 1. The third-order valence-electron chi connectivity index (χ3n) is 2.78. The summed E-state index contributed by atoms with van der Waals surface area (Å²) < 4.78 is 1.16. The van der Waals surface area contributed by atoms with Crippen LogP contribution < -0.4 is 5.73 Å². The van der Waals surface area contributed by atoms with Crippen LogP contribution in [0.25, 0.3) is 0 Å². The van der Waals surface area contributed by atoms with E-state index in [1.165, 1.54) is 20.9 Å². The summed E-state index contributed by atoms with van der Waals surface area (Å²) in [7, 11) is 0. The van der Waals surface area contributed by atoms with Gasteiger partial charge in [0, 0.05) is 20.3 Å². The minimum Gasteiger partial charge on any atom is -0.323 e. The van der Waals surface area contributed by atoms with Crippen LogP contribution in [-0.4, -0.2) is 0 Å². The van der Waals surface area contributed by atoms with Crippen LogP contribution in [0.5, 0.6) is 0 Å². The first-order valence-corrected chi connectivity index (χ1v) is 7.24. The molecule has 1 aromatic carbocycles. The topological polar surface area (TPSA) is 26.0 Å². The van der Waals surface area contributed by atoms with E-state index in [0.717, 1.165) is 10.9 Å². The molecule has 17 heavy (non-hydrogen) atoms. The zero-order valence-corrected chi connectivity index (χ0v) is 12.4. The third kappa shape index (κ3) is 3.18. The average Bonchev–Trinajstić information content (AvgIpc) is 2.59. The number of hydrogen-bond donors (Lipinski definition) is 1. The number of nitrogens with two attached hydrogens (primary N) is 1. The maximum Gasteiger partial charge on any atom is 0.0431 e. The van der Waals surface area contributed by atoms with Crippen LogP contribution in [0.15, 0.2) is 34.8 Å². The van der Waals surface area contributed by atoms with Crippen molar-refractivity contribution in [3.8, 4) is 0 Å². The second-order valence-corrected chi connectivity index (χ2v) is 6.49. The number of rotatable bonds is 3. The normalized spacial score (nSPS) is 12.7. The van der Waals surface area contributed by atoms with Crippen LogP contribution in [-0.2, 0) is 6.42 Å². The first-order valence-electron chi connectivity index (χ1n) is 5.63. The Bertz CT molecular complexity index is 499. The molecule has 1 nitrogen and oxygen atoms in total. The molecule has 3 heteroatoms. The smallest absolute Gasteiger partial charge is 0.0431 e. The average molecular weight is 310 g/mol. The number of aryl methyl sites for hydroxylation is 2. The van der Waals surface area contributed by atoms with Gasteiger partial charge in [-0.1, -0.05) is 29.8 Å². The van der Waals surface area contributed by atoms with Gasteiger partial charge in [-0.2, -0.15) is 0 Å². The van der Waals surface area contributed by atoms with Crippen molar-refractivity contribution in [3.05, 3.63) is 55.7 Å². The summed E-state index contributed by atoms with van der Waals surface area (Å²) in [5.74, 6) is 0. The van der Waals surface area contributed by atoms with E-state index >= 15 is 0 Å². The van der Waals surface area contributed by atoms with Crippen molar-refractivity contribution in [1.82, 2.24) is 0 Å². The van der Waals surface area contributed by atoms with Crippen molar-refractivity contribution in [1.29, 1.82) is 0 Å². The molecule has 0 fully saturated rings. The lowest BCUT2D eigenvalue weighted by Crippen LogP contribution is -2.11. The maximum atomic E-state index is 6.25. The second kappa shape index (κ2) is 5.34. The summed E-state index contributed by atoms with van der Waals surface area (Å²) in [4.78, 5) is 2.54. The van der Waals surface area contributed by atoms with Gasteiger partial charge in [-0.25, -0.2) is 0 Å². The molecule has 0 bridgehead atoms. The molecule has 0 aliphatic rings. The quantitative estimate of drug-likeness (QED) is 0.895. The Morgan fingerprint density at radius 1 is 1.29 bits per heavy atom. The summed E-state index contributed by atoms with van der Waals surface area (Å²) in [6.45, 7) is 4.22. The van der Waals surface area contributed by atoms with Crippen LogP contribution in [0.4, 0.5) is 0 Å². The number of hydrogen-bond acceptors (Lipinski definition) is 2. The molecule has 0 saturated heterocycles. The molecule has 2 N–H and O–H groups in total. The molecular formula is C14H16BrNS. The van der Waals surface area contributed by atoms with Gasteiger partial charge in [0.25, 0.3) is 0 Å². The maximum absolute atomic E-state index is 6.25. The highest BCUT2D eigenvalue weighted by Crippen LogP contribution is 2.31. The molecule has 0 aliphatic heterocycles. The highest BCUT2D eigenvalue weighted by atomic mass is 79.9. The highest BCUT2D eigenvalue weighted by Gasteiger charge is 2.11. The number of thiophene rings is 1. The largest absolute Gasteiger partial charge is 0.323 e. The Kier molecular flexibility index (Phi) is 4.02. The summed E-state index contributed by atoms with van der Waals surface area (Å²) >= 11 is 5.31. The number of halogens is 1. The van der Waals surface area contributed by atoms with E-state index in [9.17, 15) is 0 Å². The Balaban J connectivity index is 2.14. The molecule has 0 aliphatic carbocycles. The van der Waals surface area contributed by atoms with Crippen molar-refractivity contribution in [2.45, 2.75) is 26.3 Å². The van der Waals surface area contributed by atoms with Gasteiger partial charge in [0.15, 0.2) is 0 Å². The predicted octanol–water partition coefficient (Wildman–Crippen LogP) is 4.37. The molecule has 0 radical (unpaired) electrons. The van der Waals surface area contributed by atoms with Crippen molar-refractivity contribution >= 4 is 27.3 Å². The molecule has 0 saturated carbocycles. The minimum absolute atomic E-state index is 0.0896. The van der Waals surface area contributed by atoms with Gasteiger partial charge in [0.1, 0.15) is 0 Å². The standard InChI is InChI=1S/C14H16BrNS/c1-9-4-3-5-11(6-9)7-13(16)14-8-12(15)10(2)17-14/h3-6,8,13H,7,16H2,1-2H3. The van der Waals surface area contributed by atoms with Crippen molar-refractivity contribution in [3.63, 3.8) is 0 Å². The van der Waals surface area contributed by atoms with Crippen molar-refractivity contribution in [2.24, 2.45) is 5.73 Å². The molecule has 1 atom stereocenters. The summed E-state index contributed by atoms with van der Waals surface area (Å²) in [6, 6.07) is 10.8. The van der Waals surface area contributed by atoms with E-state index in [2.05, 4.69) is 60.1 Å². The Labute approximate surface area is 115 Å². The summed E-state index contributed by atoms with van der Waals surface area (Å²) in [5.41, 5.74) is 8.84. The SMILES string of the molecule is Cc1cccc(CC(N)c2cc(Br)c(C)s2)c1. The first-order chi connectivity index (χ1) is 8.06. The molecule has 1 unspecified atom stereocenters. The Hall–Kier alpha value is -0.640. The van der Waals surface area contributed by atoms with E-state index in [0.29, 0.717) is 0 Å². The van der Waals surface area contributed by atoms with E-state index in [1.807, 2.05) is 0 Å². The summed E-state index contributed by atoms with van der Waals surface area (Å²) in [5, 5.41) is 0. The fourth-order valence-electron chi connectivity index (χ4n) is 1.86. The van der Waals surface area contributed by atoms with Crippen LogP contribution in [0.3, 0.4) is 0 Å². The first kappa shape index (κ1) is 12.8. The Morgan fingerprint density at radius 3 is 2.65 bits per heavy atom. The molecule has 0 spiro atoms. The van der Waals surface area contributed by atoms with Gasteiger partial charge in [-0.15, -0.1) is 11.3 Å². The molecule has 2 rings (SSSR count).